The molecule has 0 unspecified atom stereocenters. The van der Waals surface area contributed by atoms with Crippen LogP contribution in [-0.4, -0.2) is 29.0 Å². The van der Waals surface area contributed by atoms with E-state index in [4.69, 9.17) is 0 Å². The monoisotopic (exact) mass is 283 g/mol. The minimum Gasteiger partial charge on any atom is -0.334 e. The molecule has 1 aromatic carbocycles. The summed E-state index contributed by atoms with van der Waals surface area (Å²) in [5.41, 5.74) is 2.03. The number of fused-ring (bicyclic) bond motifs is 1. The van der Waals surface area contributed by atoms with E-state index >= 15 is 0 Å². The van der Waals surface area contributed by atoms with Crippen molar-refractivity contribution in [1.82, 2.24) is 15.2 Å². The number of likely N-dealkylation sites (tertiary alicyclic amines) is 1. The molecule has 3 rings (SSSR count). The number of amides is 2. The summed E-state index contributed by atoms with van der Waals surface area (Å²) < 4.78 is 0. The Labute approximate surface area is 125 Å². The van der Waals surface area contributed by atoms with E-state index in [2.05, 4.69) is 17.2 Å². The molecule has 21 heavy (non-hydrogen) atoms. The summed E-state index contributed by atoms with van der Waals surface area (Å²) in [5.74, 6) is 0.733. The predicted octanol–water partition coefficient (Wildman–Crippen LogP) is 3.18. The molecule has 1 N–H and O–H groups in total. The molecule has 1 aliphatic rings. The number of benzene rings is 1. The van der Waals surface area contributed by atoms with Crippen molar-refractivity contribution in [2.45, 2.75) is 26.3 Å². The fourth-order valence-corrected chi connectivity index (χ4v) is 2.80. The Balaban J connectivity index is 1.65. The van der Waals surface area contributed by atoms with E-state index in [1.165, 1.54) is 0 Å². The predicted molar refractivity (Wildman–Crippen MR) is 83.9 cm³/mol. The Bertz CT molecular complexity index is 627. The standard InChI is InChI=1S/C17H21N3O/c1-13-7-10-20(11-8-13)17(21)19-12-15-5-2-4-14-6-3-9-18-16(14)15/h2-6,9,13H,7-8,10-12H2,1H3,(H,19,21). The molecule has 4 nitrogen and oxygen atoms in total. The van der Waals surface area contributed by atoms with Crippen LogP contribution >= 0.6 is 0 Å². The number of rotatable bonds is 2. The van der Waals surface area contributed by atoms with E-state index in [9.17, 15) is 4.79 Å². The Morgan fingerprint density at radius 1 is 1.29 bits per heavy atom. The number of carbonyl (C=O) groups excluding carboxylic acids is 1. The number of nitrogens with one attached hydrogen (secondary N) is 1. The lowest BCUT2D eigenvalue weighted by Crippen LogP contribution is -2.43. The Hall–Kier alpha value is -2.10. The molecule has 1 aliphatic heterocycles. The Morgan fingerprint density at radius 3 is 2.86 bits per heavy atom. The summed E-state index contributed by atoms with van der Waals surface area (Å²) in [6.07, 6.45) is 3.99. The number of aromatic nitrogens is 1. The second kappa shape index (κ2) is 6.12. The number of para-hydroxylation sites is 1. The number of hydrogen-bond donors (Lipinski definition) is 1. The molecule has 4 heteroatoms. The second-order valence-corrected chi connectivity index (χ2v) is 5.82. The normalized spacial score (nSPS) is 16.1. The smallest absolute Gasteiger partial charge is 0.317 e. The van der Waals surface area contributed by atoms with Crippen LogP contribution in [0.3, 0.4) is 0 Å². The van der Waals surface area contributed by atoms with Crippen LogP contribution in [0.1, 0.15) is 25.3 Å². The van der Waals surface area contributed by atoms with Crippen LogP contribution in [-0.2, 0) is 6.54 Å². The molecule has 0 radical (unpaired) electrons. The number of urea groups is 1. The first-order valence-corrected chi connectivity index (χ1v) is 7.59. The van der Waals surface area contributed by atoms with Crippen molar-refractivity contribution in [1.29, 1.82) is 0 Å². The summed E-state index contributed by atoms with van der Waals surface area (Å²) in [6.45, 7) is 4.50. The lowest BCUT2D eigenvalue weighted by molar-refractivity contribution is 0.173. The molecule has 2 amide bonds. The van der Waals surface area contributed by atoms with Crippen LogP contribution < -0.4 is 5.32 Å². The van der Waals surface area contributed by atoms with Crippen molar-refractivity contribution in [2.24, 2.45) is 5.92 Å². The van der Waals surface area contributed by atoms with Gasteiger partial charge in [0.1, 0.15) is 0 Å². The molecule has 1 fully saturated rings. The van der Waals surface area contributed by atoms with E-state index in [0.717, 1.165) is 48.3 Å². The number of carbonyl (C=O) groups is 1. The van der Waals surface area contributed by atoms with E-state index in [1.54, 1.807) is 6.20 Å². The van der Waals surface area contributed by atoms with Gasteiger partial charge in [-0.2, -0.15) is 0 Å². The van der Waals surface area contributed by atoms with E-state index in [1.807, 2.05) is 35.2 Å². The molecule has 1 saturated heterocycles. The first kappa shape index (κ1) is 13.9. The molecular formula is C17H21N3O. The number of pyridine rings is 1. The third-order valence-electron chi connectivity index (χ3n) is 4.22. The first-order chi connectivity index (χ1) is 10.2. The maximum atomic E-state index is 12.2. The van der Waals surface area contributed by atoms with Crippen molar-refractivity contribution < 1.29 is 4.79 Å². The zero-order chi connectivity index (χ0) is 14.7. The highest BCUT2D eigenvalue weighted by Gasteiger charge is 2.19. The quantitative estimate of drug-likeness (QED) is 0.920. The van der Waals surface area contributed by atoms with Crippen LogP contribution in [0.5, 0.6) is 0 Å². The fourth-order valence-electron chi connectivity index (χ4n) is 2.80. The third kappa shape index (κ3) is 3.15. The summed E-state index contributed by atoms with van der Waals surface area (Å²) in [5, 5.41) is 4.13. The van der Waals surface area contributed by atoms with Gasteiger partial charge in [-0.05, 0) is 30.4 Å². The molecule has 0 spiro atoms. The highest BCUT2D eigenvalue weighted by molar-refractivity contribution is 5.82. The zero-order valence-electron chi connectivity index (χ0n) is 12.4. The highest BCUT2D eigenvalue weighted by Crippen LogP contribution is 2.17. The molecule has 2 heterocycles. The van der Waals surface area contributed by atoms with Crippen LogP contribution in [0, 0.1) is 5.92 Å². The van der Waals surface area contributed by atoms with Crippen molar-refractivity contribution in [3.05, 3.63) is 42.1 Å². The fraction of sp³-hybridized carbons (Fsp3) is 0.412. The average molecular weight is 283 g/mol. The first-order valence-electron chi connectivity index (χ1n) is 7.59. The maximum absolute atomic E-state index is 12.2. The molecule has 1 aromatic heterocycles. The molecule has 110 valence electrons. The average Bonchev–Trinajstić information content (AvgIpc) is 2.53. The van der Waals surface area contributed by atoms with Gasteiger partial charge in [0, 0.05) is 31.2 Å². The summed E-state index contributed by atoms with van der Waals surface area (Å²) in [6, 6.07) is 10.1. The van der Waals surface area contributed by atoms with Gasteiger partial charge in [0.15, 0.2) is 0 Å². The van der Waals surface area contributed by atoms with Gasteiger partial charge in [0.25, 0.3) is 0 Å². The van der Waals surface area contributed by atoms with Gasteiger partial charge < -0.3 is 10.2 Å². The molecule has 0 aliphatic carbocycles. The SMILES string of the molecule is CC1CCN(C(=O)NCc2cccc3cccnc23)CC1. The number of nitrogens with zero attached hydrogens (tertiary/aromatic N) is 2. The molecule has 0 saturated carbocycles. The van der Waals surface area contributed by atoms with Gasteiger partial charge in [0.05, 0.1) is 5.52 Å². The summed E-state index contributed by atoms with van der Waals surface area (Å²) in [7, 11) is 0. The number of hydrogen-bond acceptors (Lipinski definition) is 2. The molecule has 0 bridgehead atoms. The van der Waals surface area contributed by atoms with E-state index < -0.39 is 0 Å². The number of piperidine rings is 1. The second-order valence-electron chi connectivity index (χ2n) is 5.82. The van der Waals surface area contributed by atoms with Gasteiger partial charge in [-0.25, -0.2) is 4.79 Å². The van der Waals surface area contributed by atoms with Gasteiger partial charge >= 0.3 is 6.03 Å². The van der Waals surface area contributed by atoms with Gasteiger partial charge in [-0.1, -0.05) is 31.2 Å². The minimum absolute atomic E-state index is 0.0369. The van der Waals surface area contributed by atoms with Crippen molar-refractivity contribution in [2.75, 3.05) is 13.1 Å². The largest absolute Gasteiger partial charge is 0.334 e. The third-order valence-corrected chi connectivity index (χ3v) is 4.22. The molecule has 0 atom stereocenters. The molecular weight excluding hydrogens is 262 g/mol. The van der Waals surface area contributed by atoms with Gasteiger partial charge in [0.2, 0.25) is 0 Å². The van der Waals surface area contributed by atoms with Crippen LogP contribution in [0.4, 0.5) is 4.79 Å². The maximum Gasteiger partial charge on any atom is 0.317 e. The molecule has 2 aromatic rings. The van der Waals surface area contributed by atoms with Crippen LogP contribution in [0.2, 0.25) is 0 Å². The van der Waals surface area contributed by atoms with E-state index in [-0.39, 0.29) is 6.03 Å². The van der Waals surface area contributed by atoms with Crippen molar-refractivity contribution >= 4 is 16.9 Å². The van der Waals surface area contributed by atoms with E-state index in [0.29, 0.717) is 6.54 Å². The van der Waals surface area contributed by atoms with Gasteiger partial charge in [-0.15, -0.1) is 0 Å². The Morgan fingerprint density at radius 2 is 2.05 bits per heavy atom. The highest BCUT2D eigenvalue weighted by atomic mass is 16.2. The summed E-state index contributed by atoms with van der Waals surface area (Å²) >= 11 is 0. The van der Waals surface area contributed by atoms with Gasteiger partial charge in [-0.3, -0.25) is 4.98 Å². The lowest BCUT2D eigenvalue weighted by atomic mass is 10.00. The lowest BCUT2D eigenvalue weighted by Gasteiger charge is -2.30. The summed E-state index contributed by atoms with van der Waals surface area (Å²) in [4.78, 5) is 18.5. The van der Waals surface area contributed by atoms with Crippen LogP contribution in [0.25, 0.3) is 10.9 Å². The van der Waals surface area contributed by atoms with Crippen molar-refractivity contribution in [3.8, 4) is 0 Å². The minimum atomic E-state index is 0.0369. The van der Waals surface area contributed by atoms with Crippen LogP contribution in [0.15, 0.2) is 36.5 Å². The van der Waals surface area contributed by atoms with Crippen molar-refractivity contribution in [3.63, 3.8) is 0 Å². The topological polar surface area (TPSA) is 45.2 Å². The Kier molecular flexibility index (Phi) is 4.04. The zero-order valence-corrected chi connectivity index (χ0v) is 12.4.